The number of hydrogen-bond acceptors (Lipinski definition) is 7. The minimum Gasteiger partial charge on any atom is -0.465 e. The Morgan fingerprint density at radius 1 is 1.22 bits per heavy atom. The molecule has 32 heavy (non-hydrogen) atoms. The van der Waals surface area contributed by atoms with Gasteiger partial charge in [0.1, 0.15) is 28.5 Å². The molecular formula is C24H28N4O3S. The van der Waals surface area contributed by atoms with Crippen LogP contribution in [0, 0.1) is 31.6 Å². The molecule has 3 heterocycles. The number of nitrogens with one attached hydrogen (secondary N) is 2. The molecule has 0 aliphatic heterocycles. The van der Waals surface area contributed by atoms with Crippen molar-refractivity contribution >= 4 is 33.3 Å². The zero-order chi connectivity index (χ0) is 22.0. The largest absolute Gasteiger partial charge is 0.465 e. The summed E-state index contributed by atoms with van der Waals surface area (Å²) in [5.41, 5.74) is 0.414. The first-order valence-corrected chi connectivity index (χ1v) is 12.3. The standard InChI is InChI=1S/C24H28N4O3S/c1-12-3-4-17(31-12)10-25-21-18-13(2)20(32-23(18)27-11-26-21)22(29)28-19-15-5-14-6-16(19)9-24(30,7-14)8-15/h3-4,11,14-16,19,30H,5-10H2,1-2H3,(H,28,29)(H,25,26,27). The molecule has 4 bridgehead atoms. The van der Waals surface area contributed by atoms with E-state index in [1.165, 1.54) is 17.7 Å². The molecule has 0 spiro atoms. The molecule has 4 aliphatic rings. The van der Waals surface area contributed by atoms with Crippen LogP contribution in [0.15, 0.2) is 22.9 Å². The van der Waals surface area contributed by atoms with Crippen LogP contribution in [0.5, 0.6) is 0 Å². The lowest BCUT2D eigenvalue weighted by molar-refractivity contribution is -0.136. The molecule has 7 nitrogen and oxygen atoms in total. The van der Waals surface area contributed by atoms with Gasteiger partial charge < -0.3 is 20.2 Å². The lowest BCUT2D eigenvalue weighted by Gasteiger charge is -2.58. The molecule has 168 valence electrons. The van der Waals surface area contributed by atoms with Gasteiger partial charge in [0.25, 0.3) is 5.91 Å². The van der Waals surface area contributed by atoms with Crippen molar-refractivity contribution in [3.8, 4) is 0 Å². The number of fused-ring (bicyclic) bond motifs is 1. The van der Waals surface area contributed by atoms with E-state index >= 15 is 0 Å². The predicted molar refractivity (Wildman–Crippen MR) is 123 cm³/mol. The van der Waals surface area contributed by atoms with Crippen molar-refractivity contribution in [1.82, 2.24) is 15.3 Å². The van der Waals surface area contributed by atoms with Crippen molar-refractivity contribution in [2.75, 3.05) is 5.32 Å². The summed E-state index contributed by atoms with van der Waals surface area (Å²) >= 11 is 1.42. The van der Waals surface area contributed by atoms with E-state index < -0.39 is 5.60 Å². The molecule has 0 aromatic carbocycles. The Balaban J connectivity index is 1.24. The van der Waals surface area contributed by atoms with Crippen LogP contribution in [-0.4, -0.2) is 32.6 Å². The molecular weight excluding hydrogens is 424 g/mol. The number of aromatic nitrogens is 2. The number of hydrogen-bond donors (Lipinski definition) is 3. The fourth-order valence-corrected chi connectivity index (χ4v) is 7.66. The topological polar surface area (TPSA) is 100 Å². The average Bonchev–Trinajstić information content (AvgIpc) is 3.31. The fraction of sp³-hybridized carbons (Fsp3) is 0.542. The van der Waals surface area contributed by atoms with Gasteiger partial charge in [-0.1, -0.05) is 0 Å². The molecule has 8 heteroatoms. The van der Waals surface area contributed by atoms with Gasteiger partial charge in [-0.3, -0.25) is 4.79 Å². The van der Waals surface area contributed by atoms with Gasteiger partial charge in [0.2, 0.25) is 0 Å². The Hall–Kier alpha value is -2.45. The Kier molecular flexibility index (Phi) is 4.59. The van der Waals surface area contributed by atoms with Gasteiger partial charge in [0.15, 0.2) is 0 Å². The second kappa shape index (κ2) is 7.28. The zero-order valence-corrected chi connectivity index (χ0v) is 19.2. The van der Waals surface area contributed by atoms with Crippen LogP contribution < -0.4 is 10.6 Å². The average molecular weight is 453 g/mol. The number of furan rings is 1. The van der Waals surface area contributed by atoms with E-state index in [0.29, 0.717) is 35.0 Å². The maximum Gasteiger partial charge on any atom is 0.261 e. The van der Waals surface area contributed by atoms with E-state index in [1.807, 2.05) is 26.0 Å². The number of thiophene rings is 1. The highest BCUT2D eigenvalue weighted by Gasteiger charge is 2.55. The number of aliphatic hydroxyl groups is 1. The normalized spacial score (nSPS) is 30.7. The number of aryl methyl sites for hydroxylation is 2. The van der Waals surface area contributed by atoms with Crippen LogP contribution >= 0.6 is 11.3 Å². The molecule has 4 aliphatic carbocycles. The van der Waals surface area contributed by atoms with E-state index in [0.717, 1.165) is 59.4 Å². The van der Waals surface area contributed by atoms with Crippen LogP contribution in [0.2, 0.25) is 0 Å². The second-order valence-corrected chi connectivity index (χ2v) is 11.0. The first-order chi connectivity index (χ1) is 15.4. The molecule has 3 aromatic rings. The van der Waals surface area contributed by atoms with E-state index in [1.54, 1.807) is 0 Å². The summed E-state index contributed by atoms with van der Waals surface area (Å²) < 4.78 is 5.64. The third-order valence-corrected chi connectivity index (χ3v) is 8.90. The molecule has 2 unspecified atom stereocenters. The van der Waals surface area contributed by atoms with Crippen molar-refractivity contribution in [2.45, 2.75) is 64.1 Å². The van der Waals surface area contributed by atoms with Crippen LogP contribution in [0.4, 0.5) is 5.82 Å². The molecule has 4 fully saturated rings. The van der Waals surface area contributed by atoms with Gasteiger partial charge in [-0.2, -0.15) is 0 Å². The third-order valence-electron chi connectivity index (χ3n) is 7.70. The molecule has 3 aromatic heterocycles. The first kappa shape index (κ1) is 20.2. The minimum atomic E-state index is -0.492. The maximum atomic E-state index is 13.4. The number of amides is 1. The minimum absolute atomic E-state index is 0.0254. The van der Waals surface area contributed by atoms with Crippen molar-refractivity contribution in [3.63, 3.8) is 0 Å². The highest BCUT2D eigenvalue weighted by atomic mass is 32.1. The summed E-state index contributed by atoms with van der Waals surface area (Å²) in [4.78, 5) is 23.7. The summed E-state index contributed by atoms with van der Waals surface area (Å²) in [7, 11) is 0. The molecule has 7 rings (SSSR count). The molecule has 2 atom stereocenters. The summed E-state index contributed by atoms with van der Waals surface area (Å²) in [6.07, 6.45) is 6.38. The molecule has 3 N–H and O–H groups in total. The monoisotopic (exact) mass is 452 g/mol. The fourth-order valence-electron chi connectivity index (χ4n) is 6.61. The molecule has 0 radical (unpaired) electrons. The van der Waals surface area contributed by atoms with Crippen LogP contribution in [0.3, 0.4) is 0 Å². The molecule has 0 saturated heterocycles. The van der Waals surface area contributed by atoms with Crippen LogP contribution in [0.1, 0.15) is 58.9 Å². The van der Waals surface area contributed by atoms with Crippen LogP contribution in [-0.2, 0) is 6.54 Å². The maximum absolute atomic E-state index is 13.4. The Labute approximate surface area is 190 Å². The molecule has 4 saturated carbocycles. The number of carbonyl (C=O) groups is 1. The van der Waals surface area contributed by atoms with Gasteiger partial charge in [0.05, 0.1) is 22.4 Å². The Morgan fingerprint density at radius 3 is 2.69 bits per heavy atom. The van der Waals surface area contributed by atoms with E-state index in [-0.39, 0.29) is 11.9 Å². The lowest BCUT2D eigenvalue weighted by atomic mass is 9.52. The lowest BCUT2D eigenvalue weighted by Crippen LogP contribution is -2.61. The summed E-state index contributed by atoms with van der Waals surface area (Å²) in [6, 6.07) is 4.05. The van der Waals surface area contributed by atoms with Gasteiger partial charge in [0, 0.05) is 6.04 Å². The highest BCUT2D eigenvalue weighted by molar-refractivity contribution is 7.20. The van der Waals surface area contributed by atoms with Gasteiger partial charge in [-0.25, -0.2) is 9.97 Å². The SMILES string of the molecule is Cc1ccc(CNc2ncnc3sc(C(=O)NC4C5CC6CC4CC(O)(C6)C5)c(C)c23)o1. The second-order valence-electron chi connectivity index (χ2n) is 10.0. The Bertz CT molecular complexity index is 1190. The van der Waals surface area contributed by atoms with Crippen molar-refractivity contribution in [2.24, 2.45) is 17.8 Å². The van der Waals surface area contributed by atoms with E-state index in [9.17, 15) is 9.90 Å². The van der Waals surface area contributed by atoms with Gasteiger partial charge in [-0.15, -0.1) is 11.3 Å². The number of carbonyl (C=O) groups excluding carboxylic acids is 1. The summed E-state index contributed by atoms with van der Waals surface area (Å²) in [6.45, 7) is 4.41. The van der Waals surface area contributed by atoms with Crippen molar-refractivity contribution in [3.05, 3.63) is 40.4 Å². The van der Waals surface area contributed by atoms with E-state index in [2.05, 4.69) is 20.6 Å². The number of rotatable bonds is 5. The smallest absolute Gasteiger partial charge is 0.261 e. The molecule has 1 amide bonds. The van der Waals surface area contributed by atoms with Crippen LogP contribution in [0.25, 0.3) is 10.2 Å². The van der Waals surface area contributed by atoms with Crippen molar-refractivity contribution in [1.29, 1.82) is 0 Å². The third kappa shape index (κ3) is 3.31. The summed E-state index contributed by atoms with van der Waals surface area (Å²) in [5, 5.41) is 18.4. The van der Waals surface area contributed by atoms with E-state index in [4.69, 9.17) is 4.42 Å². The summed E-state index contributed by atoms with van der Waals surface area (Å²) in [5.74, 6) is 3.80. The highest BCUT2D eigenvalue weighted by Crippen LogP contribution is 2.55. The van der Waals surface area contributed by atoms with Crippen molar-refractivity contribution < 1.29 is 14.3 Å². The number of anilines is 1. The van der Waals surface area contributed by atoms with Gasteiger partial charge in [-0.05, 0) is 81.4 Å². The Morgan fingerprint density at radius 2 is 2.00 bits per heavy atom. The zero-order valence-electron chi connectivity index (χ0n) is 18.4. The predicted octanol–water partition coefficient (Wildman–Crippen LogP) is 4.18. The number of nitrogens with zero attached hydrogens (tertiary/aromatic N) is 2. The first-order valence-electron chi connectivity index (χ1n) is 11.4. The van der Waals surface area contributed by atoms with Gasteiger partial charge >= 0.3 is 0 Å². The quantitative estimate of drug-likeness (QED) is 0.537.